The van der Waals surface area contributed by atoms with Gasteiger partial charge in [-0.2, -0.15) is 0 Å². The Balaban J connectivity index is 1.68. The molecular weight excluding hydrogens is 580 g/mol. The third kappa shape index (κ3) is 20.1. The number of nitrogens with zero attached hydrogens (tertiary/aromatic N) is 2. The number of fused-ring (bicyclic) bond motifs is 1. The zero-order chi connectivity index (χ0) is 33.6. The smallest absolute Gasteiger partial charge is 0.266 e. The third-order valence-corrected chi connectivity index (χ3v) is 10.0. The van der Waals surface area contributed by atoms with Crippen LogP contribution >= 0.6 is 0 Å². The molecule has 5 heteroatoms. The Bertz CT molecular complexity index is 756. The zero-order valence-corrected chi connectivity index (χ0v) is 31.8. The van der Waals surface area contributed by atoms with Gasteiger partial charge in [0.1, 0.15) is 0 Å². The molecule has 5 nitrogen and oxygen atoms in total. The highest BCUT2D eigenvalue weighted by atomic mass is 16.8. The highest BCUT2D eigenvalue weighted by Gasteiger charge is 2.32. The first-order chi connectivity index (χ1) is 23.2. The molecule has 1 aliphatic heterocycles. The van der Waals surface area contributed by atoms with E-state index in [9.17, 15) is 0 Å². The molecule has 1 heterocycles. The molecule has 2 rings (SSSR count). The van der Waals surface area contributed by atoms with E-state index in [1.807, 2.05) is 24.3 Å². The minimum absolute atomic E-state index is 0.438. The fourth-order valence-electron chi connectivity index (χ4n) is 6.83. The van der Waals surface area contributed by atoms with E-state index in [-0.39, 0.29) is 0 Å². The minimum Gasteiger partial charge on any atom is -0.447 e. The molecule has 0 aromatic heterocycles. The van der Waals surface area contributed by atoms with E-state index >= 15 is 0 Å². The van der Waals surface area contributed by atoms with Crippen LogP contribution in [0.25, 0.3) is 0 Å². The normalized spacial score (nSPS) is 16.3. The molecule has 2 unspecified atom stereocenters. The Morgan fingerprint density at radius 3 is 0.957 bits per heavy atom. The van der Waals surface area contributed by atoms with E-state index in [0.717, 1.165) is 37.7 Å². The second-order valence-corrected chi connectivity index (χ2v) is 14.2. The molecule has 2 atom stereocenters. The Morgan fingerprint density at radius 1 is 0.404 bits per heavy atom. The van der Waals surface area contributed by atoms with Crippen LogP contribution in [0.2, 0.25) is 0 Å². The van der Waals surface area contributed by atoms with Crippen molar-refractivity contribution in [3.05, 3.63) is 24.3 Å². The summed E-state index contributed by atoms with van der Waals surface area (Å²) >= 11 is 0. The van der Waals surface area contributed by atoms with Crippen molar-refractivity contribution in [3.63, 3.8) is 0 Å². The second kappa shape index (κ2) is 29.6. The van der Waals surface area contributed by atoms with Gasteiger partial charge in [0.25, 0.3) is 12.8 Å². The van der Waals surface area contributed by atoms with Gasteiger partial charge in [-0.15, -0.1) is 0 Å². The van der Waals surface area contributed by atoms with Gasteiger partial charge in [0.15, 0.2) is 11.5 Å². The average Bonchev–Trinajstić information content (AvgIpc) is 3.28. The van der Waals surface area contributed by atoms with E-state index in [2.05, 4.69) is 37.5 Å². The fourth-order valence-corrected chi connectivity index (χ4v) is 6.83. The summed E-state index contributed by atoms with van der Waals surface area (Å²) in [6, 6.07) is 8.06. The number of hydrogen-bond donors (Lipinski definition) is 0. The first-order valence-corrected chi connectivity index (χ1v) is 20.8. The van der Waals surface area contributed by atoms with E-state index in [4.69, 9.17) is 14.2 Å². The first kappa shape index (κ1) is 41.9. The van der Waals surface area contributed by atoms with Crippen molar-refractivity contribution < 1.29 is 14.2 Å². The number of para-hydroxylation sites is 2. The molecule has 0 N–H and O–H groups in total. The summed E-state index contributed by atoms with van der Waals surface area (Å²) in [5, 5.41) is 0. The van der Waals surface area contributed by atoms with E-state index in [1.54, 1.807) is 0 Å². The third-order valence-electron chi connectivity index (χ3n) is 10.0. The topological polar surface area (TPSA) is 34.2 Å². The number of hydrogen-bond acceptors (Lipinski definition) is 5. The van der Waals surface area contributed by atoms with Crippen molar-refractivity contribution >= 4 is 0 Å². The summed E-state index contributed by atoms with van der Waals surface area (Å²) < 4.78 is 19.6. The largest absolute Gasteiger partial charge is 0.447 e. The van der Waals surface area contributed by atoms with Gasteiger partial charge in [0.2, 0.25) is 0 Å². The van der Waals surface area contributed by atoms with E-state index < -0.39 is 12.8 Å². The van der Waals surface area contributed by atoms with Crippen LogP contribution in [0.1, 0.15) is 195 Å². The maximum atomic E-state index is 6.64. The maximum Gasteiger partial charge on any atom is 0.266 e. The lowest BCUT2D eigenvalue weighted by Crippen LogP contribution is -2.49. The van der Waals surface area contributed by atoms with Crippen molar-refractivity contribution in [2.45, 2.75) is 207 Å². The van der Waals surface area contributed by atoms with Gasteiger partial charge >= 0.3 is 0 Å². The quantitative estimate of drug-likeness (QED) is 0.0720. The molecule has 0 fully saturated rings. The number of benzene rings is 1. The summed E-state index contributed by atoms with van der Waals surface area (Å²) in [7, 11) is 0. The van der Waals surface area contributed by atoms with Gasteiger partial charge in [-0.1, -0.05) is 194 Å². The zero-order valence-electron chi connectivity index (χ0n) is 31.8. The molecule has 274 valence electrons. The average molecular weight is 659 g/mol. The molecule has 1 aromatic rings. The molecule has 0 amide bonds. The van der Waals surface area contributed by atoms with Crippen LogP contribution in [0, 0.1) is 0 Å². The lowest BCUT2D eigenvalue weighted by molar-refractivity contribution is -0.275. The predicted molar refractivity (Wildman–Crippen MR) is 202 cm³/mol. The van der Waals surface area contributed by atoms with Crippen molar-refractivity contribution in [2.75, 3.05) is 26.2 Å². The van der Waals surface area contributed by atoms with Crippen LogP contribution in [0.15, 0.2) is 24.3 Å². The highest BCUT2D eigenvalue weighted by molar-refractivity contribution is 5.39. The summed E-state index contributed by atoms with van der Waals surface area (Å²) in [5.74, 6) is 1.56. The van der Waals surface area contributed by atoms with Crippen LogP contribution in [0.5, 0.6) is 11.5 Å². The number of rotatable bonds is 32. The Hall–Kier alpha value is -1.30. The molecule has 0 spiro atoms. The lowest BCUT2D eigenvalue weighted by atomic mass is 10.0. The fraction of sp³-hybridized carbons (Fsp3) is 0.857. The first-order valence-electron chi connectivity index (χ1n) is 20.8. The minimum atomic E-state index is -0.438. The van der Waals surface area contributed by atoms with E-state index in [0.29, 0.717) is 0 Å². The SMILES string of the molecule is CCCCCCCCCCCCCCCN(CC)C1Oc2ccccc2OC(N(CC)CCCCCCCCCCCCCCC)O1. The number of ether oxygens (including phenoxy) is 3. The molecule has 0 radical (unpaired) electrons. The van der Waals surface area contributed by atoms with Gasteiger partial charge in [-0.25, -0.2) is 9.80 Å². The highest BCUT2D eigenvalue weighted by Crippen LogP contribution is 2.33. The van der Waals surface area contributed by atoms with Gasteiger partial charge in [0.05, 0.1) is 0 Å². The van der Waals surface area contributed by atoms with Gasteiger partial charge in [-0.3, -0.25) is 4.74 Å². The summed E-state index contributed by atoms with van der Waals surface area (Å²) in [6.07, 6.45) is 34.8. The molecule has 47 heavy (non-hydrogen) atoms. The van der Waals surface area contributed by atoms with Crippen molar-refractivity contribution in [2.24, 2.45) is 0 Å². The van der Waals surface area contributed by atoms with Gasteiger partial charge in [-0.05, 0) is 25.0 Å². The Morgan fingerprint density at radius 2 is 0.681 bits per heavy atom. The van der Waals surface area contributed by atoms with Crippen molar-refractivity contribution in [1.29, 1.82) is 0 Å². The van der Waals surface area contributed by atoms with Crippen LogP contribution in [-0.2, 0) is 4.74 Å². The second-order valence-electron chi connectivity index (χ2n) is 14.2. The molecule has 0 saturated heterocycles. The summed E-state index contributed by atoms with van der Waals surface area (Å²) in [6.45, 7) is 12.8. The molecular formula is C42H78N2O3. The van der Waals surface area contributed by atoms with Crippen molar-refractivity contribution in [3.8, 4) is 11.5 Å². The van der Waals surface area contributed by atoms with Crippen LogP contribution < -0.4 is 9.47 Å². The van der Waals surface area contributed by atoms with Gasteiger partial charge < -0.3 is 9.47 Å². The van der Waals surface area contributed by atoms with Crippen LogP contribution in [0.3, 0.4) is 0 Å². The molecule has 1 aliphatic rings. The van der Waals surface area contributed by atoms with Gasteiger partial charge in [0, 0.05) is 26.2 Å². The molecule has 0 saturated carbocycles. The number of unbranched alkanes of at least 4 members (excludes halogenated alkanes) is 24. The Kier molecular flexibility index (Phi) is 26.4. The molecule has 0 bridgehead atoms. The van der Waals surface area contributed by atoms with Crippen LogP contribution in [-0.4, -0.2) is 48.8 Å². The Labute approximate surface area is 292 Å². The molecule has 1 aromatic carbocycles. The van der Waals surface area contributed by atoms with Crippen LogP contribution in [0.4, 0.5) is 0 Å². The maximum absolute atomic E-state index is 6.64. The standard InChI is InChI=1S/C42H78N2O3/c1-5-9-11-13-15-17-19-21-23-25-27-29-33-37-43(7-3)41-45-39-35-31-32-36-40(39)46-42(47-41)44(8-4)38-34-30-28-26-24-22-20-18-16-14-12-10-6-2/h31-32,35-36,41-42H,5-30,33-34,37-38H2,1-4H3. The molecule has 0 aliphatic carbocycles. The summed E-state index contributed by atoms with van der Waals surface area (Å²) in [5.41, 5.74) is 0. The monoisotopic (exact) mass is 659 g/mol. The van der Waals surface area contributed by atoms with Crippen molar-refractivity contribution in [1.82, 2.24) is 9.80 Å². The summed E-state index contributed by atoms with van der Waals surface area (Å²) in [4.78, 5) is 4.69. The lowest BCUT2D eigenvalue weighted by Gasteiger charge is -2.34. The van der Waals surface area contributed by atoms with E-state index in [1.165, 1.54) is 167 Å². The predicted octanol–water partition coefficient (Wildman–Crippen LogP) is 12.9.